The molecule has 4 rings (SSSR count). The Hall–Kier alpha value is -3.75. The van der Waals surface area contributed by atoms with E-state index >= 15 is 0 Å². The lowest BCUT2D eigenvalue weighted by Gasteiger charge is -2.18. The molecule has 0 spiro atoms. The van der Waals surface area contributed by atoms with Crippen LogP contribution in [-0.4, -0.2) is 26.7 Å². The molecule has 0 radical (unpaired) electrons. The standard InChI is InChI=1S/C21H15F3N4O2/c22-21(23,24)16-7-15(20(30)28-11-14-4-2-6-26-18(14)12-28)8-17(9-16)27-19(29)13-3-1-5-25-10-13/h1-10H,11-12H2,(H,27,29). The number of hydrogen-bond donors (Lipinski definition) is 1. The van der Waals surface area contributed by atoms with E-state index < -0.39 is 23.6 Å². The number of halogens is 3. The van der Waals surface area contributed by atoms with Crippen molar-refractivity contribution in [2.24, 2.45) is 0 Å². The van der Waals surface area contributed by atoms with E-state index in [0.29, 0.717) is 5.69 Å². The molecule has 2 amide bonds. The average molecular weight is 412 g/mol. The van der Waals surface area contributed by atoms with Crippen molar-refractivity contribution in [1.82, 2.24) is 14.9 Å². The maximum Gasteiger partial charge on any atom is 0.416 e. The summed E-state index contributed by atoms with van der Waals surface area (Å²) in [6, 6.07) is 9.40. The second kappa shape index (κ2) is 7.58. The number of carbonyl (C=O) groups excluding carboxylic acids is 2. The van der Waals surface area contributed by atoms with Crippen molar-refractivity contribution in [3.8, 4) is 0 Å². The van der Waals surface area contributed by atoms with Crippen molar-refractivity contribution in [2.45, 2.75) is 19.3 Å². The molecule has 0 unspecified atom stereocenters. The zero-order chi connectivity index (χ0) is 21.3. The minimum Gasteiger partial charge on any atom is -0.328 e. The van der Waals surface area contributed by atoms with Crippen molar-refractivity contribution < 1.29 is 22.8 Å². The summed E-state index contributed by atoms with van der Waals surface area (Å²) in [5.74, 6) is -1.20. The minimum atomic E-state index is -4.68. The summed E-state index contributed by atoms with van der Waals surface area (Å²) in [6.07, 6.45) is -0.313. The van der Waals surface area contributed by atoms with Gasteiger partial charge in [0.2, 0.25) is 0 Å². The van der Waals surface area contributed by atoms with Crippen LogP contribution in [0.1, 0.15) is 37.5 Å². The number of nitrogens with zero attached hydrogens (tertiary/aromatic N) is 3. The van der Waals surface area contributed by atoms with Crippen LogP contribution in [0.3, 0.4) is 0 Å². The predicted octanol–water partition coefficient (Wildman–Crippen LogP) is 3.90. The zero-order valence-corrected chi connectivity index (χ0v) is 15.5. The molecule has 152 valence electrons. The second-order valence-corrected chi connectivity index (χ2v) is 6.76. The zero-order valence-electron chi connectivity index (χ0n) is 15.5. The fourth-order valence-corrected chi connectivity index (χ4v) is 3.21. The number of rotatable bonds is 3. The van der Waals surface area contributed by atoms with E-state index in [0.717, 1.165) is 17.7 Å². The van der Waals surface area contributed by atoms with Gasteiger partial charge < -0.3 is 10.2 Å². The normalized spacial score (nSPS) is 13.1. The number of nitrogens with one attached hydrogen (secondary N) is 1. The molecular formula is C21H15F3N4O2. The number of alkyl halides is 3. The van der Waals surface area contributed by atoms with Crippen LogP contribution in [-0.2, 0) is 19.3 Å². The third-order valence-corrected chi connectivity index (χ3v) is 4.66. The molecule has 3 heterocycles. The molecule has 6 nitrogen and oxygen atoms in total. The highest BCUT2D eigenvalue weighted by atomic mass is 19.4. The number of pyridine rings is 2. The van der Waals surface area contributed by atoms with Crippen molar-refractivity contribution in [2.75, 3.05) is 5.32 Å². The van der Waals surface area contributed by atoms with Gasteiger partial charge in [0.15, 0.2) is 0 Å². The van der Waals surface area contributed by atoms with E-state index in [1.807, 2.05) is 6.07 Å². The quantitative estimate of drug-likeness (QED) is 0.708. The lowest BCUT2D eigenvalue weighted by Crippen LogP contribution is -2.26. The van der Waals surface area contributed by atoms with Gasteiger partial charge in [0.05, 0.1) is 23.4 Å². The lowest BCUT2D eigenvalue weighted by atomic mass is 10.1. The molecule has 30 heavy (non-hydrogen) atoms. The van der Waals surface area contributed by atoms with E-state index in [9.17, 15) is 22.8 Å². The Bertz CT molecular complexity index is 1090. The first-order valence-electron chi connectivity index (χ1n) is 8.97. The lowest BCUT2D eigenvalue weighted by molar-refractivity contribution is -0.137. The Morgan fingerprint density at radius 3 is 2.50 bits per heavy atom. The SMILES string of the molecule is O=C(Nc1cc(C(=O)N2Cc3cccnc3C2)cc(C(F)(F)F)c1)c1cccnc1. The van der Waals surface area contributed by atoms with Crippen molar-refractivity contribution in [3.63, 3.8) is 0 Å². The van der Waals surface area contributed by atoms with Crippen molar-refractivity contribution in [3.05, 3.63) is 89.0 Å². The second-order valence-electron chi connectivity index (χ2n) is 6.76. The van der Waals surface area contributed by atoms with Gasteiger partial charge >= 0.3 is 6.18 Å². The third kappa shape index (κ3) is 4.00. The summed E-state index contributed by atoms with van der Waals surface area (Å²) in [5, 5.41) is 2.41. The fourth-order valence-electron chi connectivity index (χ4n) is 3.21. The van der Waals surface area contributed by atoms with Crippen LogP contribution in [0, 0.1) is 0 Å². The van der Waals surface area contributed by atoms with Gasteiger partial charge in [-0.2, -0.15) is 13.2 Å². The number of aromatic nitrogens is 2. The first-order chi connectivity index (χ1) is 14.3. The molecule has 0 atom stereocenters. The fraction of sp³-hybridized carbons (Fsp3) is 0.143. The Kier molecular flexibility index (Phi) is 4.94. The molecule has 1 aliphatic rings. The summed E-state index contributed by atoms with van der Waals surface area (Å²) >= 11 is 0. The highest BCUT2D eigenvalue weighted by Gasteiger charge is 2.33. The molecule has 0 saturated carbocycles. The predicted molar refractivity (Wildman–Crippen MR) is 101 cm³/mol. The maximum atomic E-state index is 13.4. The van der Waals surface area contributed by atoms with Crippen LogP contribution in [0.4, 0.5) is 18.9 Å². The van der Waals surface area contributed by atoms with Crippen molar-refractivity contribution in [1.29, 1.82) is 0 Å². The van der Waals surface area contributed by atoms with Gasteiger partial charge in [-0.1, -0.05) is 6.07 Å². The average Bonchev–Trinajstić information content (AvgIpc) is 3.17. The van der Waals surface area contributed by atoms with Crippen LogP contribution >= 0.6 is 0 Å². The van der Waals surface area contributed by atoms with Gasteiger partial charge in [0, 0.05) is 36.4 Å². The van der Waals surface area contributed by atoms with Crippen LogP contribution < -0.4 is 5.32 Å². The highest BCUT2D eigenvalue weighted by molar-refractivity contribution is 6.05. The molecule has 9 heteroatoms. The monoisotopic (exact) mass is 412 g/mol. The van der Waals surface area contributed by atoms with E-state index in [-0.39, 0.29) is 29.9 Å². The maximum absolute atomic E-state index is 13.4. The number of benzene rings is 1. The third-order valence-electron chi connectivity index (χ3n) is 4.66. The molecule has 0 aliphatic carbocycles. The van der Waals surface area contributed by atoms with Gasteiger partial charge in [0.25, 0.3) is 11.8 Å². The molecular weight excluding hydrogens is 397 g/mol. The number of anilines is 1. The molecule has 1 aromatic carbocycles. The molecule has 1 N–H and O–H groups in total. The number of hydrogen-bond acceptors (Lipinski definition) is 4. The summed E-state index contributed by atoms with van der Waals surface area (Å²) in [6.45, 7) is 0.470. The van der Waals surface area contributed by atoms with E-state index in [1.54, 1.807) is 12.3 Å². The number of fused-ring (bicyclic) bond motifs is 1. The van der Waals surface area contributed by atoms with E-state index in [4.69, 9.17) is 0 Å². The Balaban J connectivity index is 1.64. The van der Waals surface area contributed by atoms with Crippen molar-refractivity contribution >= 4 is 17.5 Å². The Morgan fingerprint density at radius 1 is 1.00 bits per heavy atom. The summed E-state index contributed by atoms with van der Waals surface area (Å²) in [5.41, 5.74) is 0.426. The largest absolute Gasteiger partial charge is 0.416 e. The van der Waals surface area contributed by atoms with Gasteiger partial charge in [0.1, 0.15) is 0 Å². The smallest absolute Gasteiger partial charge is 0.328 e. The molecule has 2 aromatic heterocycles. The molecule has 0 bridgehead atoms. The summed E-state index contributed by atoms with van der Waals surface area (Å²) in [7, 11) is 0. The Morgan fingerprint density at radius 2 is 1.80 bits per heavy atom. The first-order valence-corrected chi connectivity index (χ1v) is 8.97. The van der Waals surface area contributed by atoms with Crippen LogP contribution in [0.2, 0.25) is 0 Å². The van der Waals surface area contributed by atoms with Crippen LogP contribution in [0.5, 0.6) is 0 Å². The summed E-state index contributed by atoms with van der Waals surface area (Å²) < 4.78 is 40.2. The topological polar surface area (TPSA) is 75.2 Å². The number of carbonyl (C=O) groups is 2. The van der Waals surface area contributed by atoms with E-state index in [1.165, 1.54) is 35.5 Å². The van der Waals surface area contributed by atoms with Gasteiger partial charge in [-0.25, -0.2) is 0 Å². The molecule has 0 saturated heterocycles. The molecule has 1 aliphatic heterocycles. The van der Waals surface area contributed by atoms with Gasteiger partial charge in [-0.05, 0) is 42.0 Å². The Labute approximate surface area is 169 Å². The number of amides is 2. The molecule has 0 fully saturated rings. The van der Waals surface area contributed by atoms with E-state index in [2.05, 4.69) is 15.3 Å². The van der Waals surface area contributed by atoms with Crippen LogP contribution in [0.15, 0.2) is 61.1 Å². The van der Waals surface area contributed by atoms with Crippen LogP contribution in [0.25, 0.3) is 0 Å². The minimum absolute atomic E-state index is 0.128. The summed E-state index contributed by atoms with van der Waals surface area (Å²) in [4.78, 5) is 34.7. The van der Waals surface area contributed by atoms with Gasteiger partial charge in [-0.3, -0.25) is 19.6 Å². The first kappa shape index (κ1) is 19.6. The highest BCUT2D eigenvalue weighted by Crippen LogP contribution is 2.33. The molecule has 3 aromatic rings. The van der Waals surface area contributed by atoms with Gasteiger partial charge in [-0.15, -0.1) is 0 Å².